The van der Waals surface area contributed by atoms with Gasteiger partial charge in [-0.3, -0.25) is 0 Å². The zero-order valence-electron chi connectivity index (χ0n) is 12.5. The van der Waals surface area contributed by atoms with Crippen LogP contribution in [0.4, 0.5) is 25.4 Å². The first-order valence-corrected chi connectivity index (χ1v) is 6.41. The van der Waals surface area contributed by atoms with Gasteiger partial charge in [0.1, 0.15) is 17.1 Å². The van der Waals surface area contributed by atoms with Crippen molar-refractivity contribution in [3.8, 4) is 0 Å². The summed E-state index contributed by atoms with van der Waals surface area (Å²) in [7, 11) is 0. The Bertz CT molecular complexity index is 520. The molecule has 2 N–H and O–H groups in total. The van der Waals surface area contributed by atoms with E-state index in [-0.39, 0.29) is 18.0 Å². The lowest BCUT2D eigenvalue weighted by Crippen LogP contribution is -2.42. The number of anilines is 2. The quantitative estimate of drug-likeness (QED) is 0.847. The third kappa shape index (κ3) is 4.34. The van der Waals surface area contributed by atoms with Crippen molar-refractivity contribution in [3.05, 3.63) is 24.0 Å². The fraction of sp³-hybridized carbons (Fsp3) is 0.429. The largest absolute Gasteiger partial charge is 0.449 e. The molecule has 7 heteroatoms. The summed E-state index contributed by atoms with van der Waals surface area (Å²) in [6, 6.07) is 3.82. The summed E-state index contributed by atoms with van der Waals surface area (Å²) in [6.07, 6.45) is -2.11. The number of halogens is 1. The van der Waals surface area contributed by atoms with Gasteiger partial charge in [-0.05, 0) is 39.8 Å². The predicted octanol–water partition coefficient (Wildman–Crippen LogP) is 3.31. The zero-order chi connectivity index (χ0) is 16.2. The third-order valence-corrected chi connectivity index (χ3v) is 2.27. The molecule has 0 atom stereocenters. The molecule has 0 bridgehead atoms. The van der Waals surface area contributed by atoms with E-state index in [1.807, 2.05) is 0 Å². The first-order valence-electron chi connectivity index (χ1n) is 6.41. The van der Waals surface area contributed by atoms with Gasteiger partial charge in [-0.2, -0.15) is 4.90 Å². The molecular formula is C14H19FN2O4. The monoisotopic (exact) mass is 298 g/mol. The standard InChI is InChI=1S/C14H19FN2O4/c1-5-20-12(18)17(13(19)21-14(2,3)4)11-9(15)7-6-8-10(11)16/h6-8H,5,16H2,1-4H3. The molecule has 0 fully saturated rings. The van der Waals surface area contributed by atoms with Gasteiger partial charge in [0.05, 0.1) is 12.3 Å². The number of amides is 2. The number of para-hydroxylation sites is 1. The lowest BCUT2D eigenvalue weighted by atomic mass is 10.2. The molecule has 116 valence electrons. The second-order valence-electron chi connectivity index (χ2n) is 5.19. The van der Waals surface area contributed by atoms with Crippen LogP contribution in [0.5, 0.6) is 0 Å². The Morgan fingerprint density at radius 2 is 1.90 bits per heavy atom. The number of nitrogens with two attached hydrogens (primary N) is 1. The SMILES string of the molecule is CCOC(=O)N(C(=O)OC(C)(C)C)c1c(N)cccc1F. The van der Waals surface area contributed by atoms with Gasteiger partial charge in [-0.15, -0.1) is 0 Å². The van der Waals surface area contributed by atoms with Gasteiger partial charge in [0, 0.05) is 0 Å². The van der Waals surface area contributed by atoms with Crippen LogP contribution in [0.3, 0.4) is 0 Å². The minimum absolute atomic E-state index is 0.0203. The molecule has 0 saturated carbocycles. The normalized spacial score (nSPS) is 10.9. The van der Waals surface area contributed by atoms with Crippen molar-refractivity contribution in [1.29, 1.82) is 0 Å². The van der Waals surface area contributed by atoms with Crippen LogP contribution in [-0.4, -0.2) is 24.4 Å². The summed E-state index contributed by atoms with van der Waals surface area (Å²) >= 11 is 0. The average molecular weight is 298 g/mol. The Balaban J connectivity index is 3.26. The van der Waals surface area contributed by atoms with Crippen molar-refractivity contribution in [2.75, 3.05) is 17.2 Å². The summed E-state index contributed by atoms with van der Waals surface area (Å²) < 4.78 is 23.8. The minimum Gasteiger partial charge on any atom is -0.449 e. The third-order valence-electron chi connectivity index (χ3n) is 2.27. The summed E-state index contributed by atoms with van der Waals surface area (Å²) in [5.74, 6) is -0.825. The van der Waals surface area contributed by atoms with Crippen LogP contribution in [0.1, 0.15) is 27.7 Å². The lowest BCUT2D eigenvalue weighted by molar-refractivity contribution is 0.0569. The molecule has 0 aliphatic heterocycles. The highest BCUT2D eigenvalue weighted by Gasteiger charge is 2.33. The number of hydrogen-bond donors (Lipinski definition) is 1. The van der Waals surface area contributed by atoms with Crippen molar-refractivity contribution in [1.82, 2.24) is 0 Å². The molecule has 0 aliphatic carbocycles. The van der Waals surface area contributed by atoms with Gasteiger partial charge in [0.2, 0.25) is 0 Å². The van der Waals surface area contributed by atoms with Gasteiger partial charge in [0.25, 0.3) is 0 Å². The Morgan fingerprint density at radius 3 is 2.38 bits per heavy atom. The number of ether oxygens (including phenoxy) is 2. The molecule has 1 aromatic rings. The van der Waals surface area contributed by atoms with Crippen LogP contribution in [0.2, 0.25) is 0 Å². The molecule has 6 nitrogen and oxygen atoms in total. The number of nitrogen functional groups attached to an aromatic ring is 1. The molecule has 1 aromatic carbocycles. The Kier molecular flexibility index (Phi) is 5.12. The highest BCUT2D eigenvalue weighted by molar-refractivity contribution is 6.11. The van der Waals surface area contributed by atoms with Crippen LogP contribution in [0.15, 0.2) is 18.2 Å². The molecule has 1 rings (SSSR count). The van der Waals surface area contributed by atoms with E-state index in [0.29, 0.717) is 4.90 Å². The number of benzene rings is 1. The van der Waals surface area contributed by atoms with E-state index in [1.54, 1.807) is 27.7 Å². The predicted molar refractivity (Wildman–Crippen MR) is 76.5 cm³/mol. The second kappa shape index (κ2) is 6.43. The fourth-order valence-electron chi connectivity index (χ4n) is 1.52. The van der Waals surface area contributed by atoms with Crippen LogP contribution in [0.25, 0.3) is 0 Å². The summed E-state index contributed by atoms with van der Waals surface area (Å²) in [6.45, 7) is 6.46. The van der Waals surface area contributed by atoms with Crippen molar-refractivity contribution in [2.45, 2.75) is 33.3 Å². The van der Waals surface area contributed by atoms with Crippen LogP contribution in [0, 0.1) is 5.82 Å². The van der Waals surface area contributed by atoms with Crippen molar-refractivity contribution < 1.29 is 23.5 Å². The number of rotatable bonds is 2. The molecule has 0 spiro atoms. The highest BCUT2D eigenvalue weighted by Crippen LogP contribution is 2.28. The maximum Gasteiger partial charge on any atom is 0.424 e. The van der Waals surface area contributed by atoms with Crippen molar-refractivity contribution in [2.24, 2.45) is 0 Å². The Hall–Kier alpha value is -2.31. The molecule has 21 heavy (non-hydrogen) atoms. The highest BCUT2D eigenvalue weighted by atomic mass is 19.1. The number of nitrogens with zero attached hydrogens (tertiary/aromatic N) is 1. The van der Waals surface area contributed by atoms with E-state index in [1.165, 1.54) is 12.1 Å². The van der Waals surface area contributed by atoms with Gasteiger partial charge < -0.3 is 15.2 Å². The summed E-state index contributed by atoms with van der Waals surface area (Å²) in [5, 5.41) is 0. The summed E-state index contributed by atoms with van der Waals surface area (Å²) in [5.41, 5.74) is 4.34. The maximum absolute atomic E-state index is 14.0. The molecule has 0 radical (unpaired) electrons. The molecule has 0 aromatic heterocycles. The van der Waals surface area contributed by atoms with Gasteiger partial charge >= 0.3 is 12.2 Å². The summed E-state index contributed by atoms with van der Waals surface area (Å²) in [4.78, 5) is 24.6. The molecule has 0 aliphatic rings. The van der Waals surface area contributed by atoms with Gasteiger partial charge in [-0.1, -0.05) is 6.07 Å². The average Bonchev–Trinajstić information content (AvgIpc) is 2.31. The molecule has 0 saturated heterocycles. The van der Waals surface area contributed by atoms with E-state index in [9.17, 15) is 14.0 Å². The first-order chi connectivity index (χ1) is 9.67. The van der Waals surface area contributed by atoms with E-state index >= 15 is 0 Å². The first kappa shape index (κ1) is 16.7. The lowest BCUT2D eigenvalue weighted by Gasteiger charge is -2.26. The van der Waals surface area contributed by atoms with Crippen LogP contribution >= 0.6 is 0 Å². The fourth-order valence-corrected chi connectivity index (χ4v) is 1.52. The second-order valence-corrected chi connectivity index (χ2v) is 5.19. The van der Waals surface area contributed by atoms with E-state index in [4.69, 9.17) is 15.2 Å². The van der Waals surface area contributed by atoms with E-state index in [0.717, 1.165) is 6.07 Å². The van der Waals surface area contributed by atoms with Crippen molar-refractivity contribution in [3.63, 3.8) is 0 Å². The zero-order valence-corrected chi connectivity index (χ0v) is 12.5. The van der Waals surface area contributed by atoms with Gasteiger partial charge in [0.15, 0.2) is 0 Å². The van der Waals surface area contributed by atoms with Gasteiger partial charge in [-0.25, -0.2) is 14.0 Å². The number of hydrogen-bond acceptors (Lipinski definition) is 5. The Morgan fingerprint density at radius 1 is 1.29 bits per heavy atom. The molecule has 2 amide bonds. The van der Waals surface area contributed by atoms with E-state index < -0.39 is 23.6 Å². The van der Waals surface area contributed by atoms with E-state index in [2.05, 4.69) is 0 Å². The molecule has 0 unspecified atom stereocenters. The van der Waals surface area contributed by atoms with Crippen LogP contribution in [-0.2, 0) is 9.47 Å². The number of carbonyl (C=O) groups excluding carboxylic acids is 2. The van der Waals surface area contributed by atoms with Crippen LogP contribution < -0.4 is 10.6 Å². The number of carbonyl (C=O) groups is 2. The maximum atomic E-state index is 14.0. The topological polar surface area (TPSA) is 81.9 Å². The molecule has 0 heterocycles. The van der Waals surface area contributed by atoms with Crippen molar-refractivity contribution >= 4 is 23.6 Å². The minimum atomic E-state index is -1.06. The smallest absolute Gasteiger partial charge is 0.424 e. The number of imide groups is 1. The Labute approximate surface area is 122 Å². The molecular weight excluding hydrogens is 279 g/mol.